The summed E-state index contributed by atoms with van der Waals surface area (Å²) in [6.07, 6.45) is 2.48. The number of rotatable bonds is 5. The Morgan fingerprint density at radius 2 is 1.97 bits per heavy atom. The van der Waals surface area contributed by atoms with Crippen LogP contribution in [-0.2, 0) is 20.0 Å². The third kappa shape index (κ3) is 4.13. The quantitative estimate of drug-likeness (QED) is 0.737. The van der Waals surface area contributed by atoms with Crippen molar-refractivity contribution in [1.29, 1.82) is 5.26 Å². The minimum atomic E-state index is -3.47. The fourth-order valence-corrected chi connectivity index (χ4v) is 5.33. The Morgan fingerprint density at radius 1 is 1.23 bits per heavy atom. The molecule has 0 bridgehead atoms. The minimum Gasteiger partial charge on any atom is -0.492 e. The van der Waals surface area contributed by atoms with Gasteiger partial charge in [-0.1, -0.05) is 11.6 Å². The molecule has 2 aliphatic heterocycles. The number of nitrogens with one attached hydrogen (secondary N) is 1. The summed E-state index contributed by atoms with van der Waals surface area (Å²) in [4.78, 5) is 14.9. The van der Waals surface area contributed by atoms with Gasteiger partial charge in [0.2, 0.25) is 5.91 Å². The number of carbonyl (C=O) groups excluding carboxylic acids is 1. The van der Waals surface area contributed by atoms with E-state index in [1.165, 1.54) is 12.1 Å². The van der Waals surface area contributed by atoms with Crippen molar-refractivity contribution in [2.45, 2.75) is 23.2 Å². The monoisotopic (exact) mass is 459 g/mol. The first-order valence-corrected chi connectivity index (χ1v) is 12.2. The Morgan fingerprint density at radius 3 is 2.65 bits per heavy atom. The summed E-state index contributed by atoms with van der Waals surface area (Å²) in [5.74, 6) is 0.492. The fraction of sp³-hybridized carbons (Fsp3) is 0.364. The summed E-state index contributed by atoms with van der Waals surface area (Å²) in [5.41, 5.74) is 1.37. The van der Waals surface area contributed by atoms with E-state index in [0.29, 0.717) is 36.8 Å². The lowest BCUT2D eigenvalue weighted by Gasteiger charge is -2.38. The summed E-state index contributed by atoms with van der Waals surface area (Å²) in [7, 11) is -3.47. The predicted octanol–water partition coefficient (Wildman–Crippen LogP) is 2.98. The first-order valence-electron chi connectivity index (χ1n) is 9.94. The van der Waals surface area contributed by atoms with E-state index >= 15 is 0 Å². The van der Waals surface area contributed by atoms with Crippen LogP contribution in [0.25, 0.3) is 0 Å². The van der Waals surface area contributed by atoms with Crippen molar-refractivity contribution in [1.82, 2.24) is 4.90 Å². The molecule has 0 radical (unpaired) electrons. The largest absolute Gasteiger partial charge is 0.492 e. The van der Waals surface area contributed by atoms with Crippen LogP contribution in [0.2, 0.25) is 5.02 Å². The van der Waals surface area contributed by atoms with Gasteiger partial charge in [0.25, 0.3) is 0 Å². The highest BCUT2D eigenvalue weighted by Crippen LogP contribution is 2.45. The van der Waals surface area contributed by atoms with Crippen LogP contribution in [0.3, 0.4) is 0 Å². The molecule has 162 valence electrons. The molecule has 7 nitrogen and oxygen atoms in total. The zero-order valence-electron chi connectivity index (χ0n) is 17.0. The molecule has 1 fully saturated rings. The number of nitrogens with zero attached hydrogens (tertiary/aromatic N) is 2. The van der Waals surface area contributed by atoms with E-state index < -0.39 is 15.3 Å². The van der Waals surface area contributed by atoms with Gasteiger partial charge in [-0.2, -0.15) is 5.26 Å². The van der Waals surface area contributed by atoms with E-state index in [-0.39, 0.29) is 16.4 Å². The lowest BCUT2D eigenvalue weighted by Crippen LogP contribution is -2.47. The summed E-state index contributed by atoms with van der Waals surface area (Å²) < 4.78 is 29.2. The number of piperidine rings is 1. The molecule has 4 rings (SSSR count). The first kappa shape index (κ1) is 21.6. The van der Waals surface area contributed by atoms with Crippen LogP contribution in [0.15, 0.2) is 41.3 Å². The van der Waals surface area contributed by atoms with Gasteiger partial charge in [0, 0.05) is 23.5 Å². The van der Waals surface area contributed by atoms with Crippen molar-refractivity contribution >= 4 is 33.0 Å². The van der Waals surface area contributed by atoms with Crippen LogP contribution in [0, 0.1) is 11.3 Å². The molecular weight excluding hydrogens is 438 g/mol. The second kappa shape index (κ2) is 8.15. The SMILES string of the molecule is CS(=O)(=O)c1ccc(OCCN2CCC3(CC2)C(=O)Nc2ccc(Cl)cc23)cc1C#N. The van der Waals surface area contributed by atoms with E-state index in [1.807, 2.05) is 18.2 Å². The number of anilines is 1. The average molecular weight is 460 g/mol. The van der Waals surface area contributed by atoms with Gasteiger partial charge in [-0.05, 0) is 67.9 Å². The van der Waals surface area contributed by atoms with Crippen molar-refractivity contribution in [3.63, 3.8) is 0 Å². The molecule has 2 aromatic rings. The second-order valence-corrected chi connectivity index (χ2v) is 10.4. The zero-order valence-corrected chi connectivity index (χ0v) is 18.6. The third-order valence-corrected chi connectivity index (χ3v) is 7.43. The number of halogens is 1. The number of likely N-dealkylation sites (tertiary alicyclic amines) is 1. The molecule has 2 aromatic carbocycles. The molecule has 0 unspecified atom stereocenters. The van der Waals surface area contributed by atoms with Crippen LogP contribution < -0.4 is 10.1 Å². The Hall–Kier alpha value is -2.60. The maximum absolute atomic E-state index is 12.7. The maximum Gasteiger partial charge on any atom is 0.235 e. The number of ether oxygens (including phenoxy) is 1. The molecule has 1 amide bonds. The van der Waals surface area contributed by atoms with Gasteiger partial charge in [0.05, 0.1) is 15.9 Å². The van der Waals surface area contributed by atoms with Crippen molar-refractivity contribution in [2.75, 3.05) is 37.8 Å². The highest BCUT2D eigenvalue weighted by molar-refractivity contribution is 7.90. The summed E-state index contributed by atoms with van der Waals surface area (Å²) >= 11 is 6.17. The third-order valence-electron chi connectivity index (χ3n) is 6.04. The number of sulfone groups is 1. The molecule has 0 aliphatic carbocycles. The van der Waals surface area contributed by atoms with Gasteiger partial charge in [-0.25, -0.2) is 8.42 Å². The van der Waals surface area contributed by atoms with Gasteiger partial charge in [0.15, 0.2) is 9.84 Å². The molecule has 9 heteroatoms. The smallest absolute Gasteiger partial charge is 0.235 e. The van der Waals surface area contributed by atoms with E-state index in [1.54, 1.807) is 12.1 Å². The van der Waals surface area contributed by atoms with Crippen LogP contribution >= 0.6 is 11.6 Å². The molecule has 0 aromatic heterocycles. The van der Waals surface area contributed by atoms with E-state index in [0.717, 1.165) is 30.6 Å². The minimum absolute atomic E-state index is 0.00102. The molecule has 31 heavy (non-hydrogen) atoms. The number of fused-ring (bicyclic) bond motifs is 2. The first-order chi connectivity index (χ1) is 14.7. The molecule has 0 saturated carbocycles. The van der Waals surface area contributed by atoms with Gasteiger partial charge in [-0.3, -0.25) is 9.69 Å². The second-order valence-electron chi connectivity index (χ2n) is 7.96. The summed E-state index contributed by atoms with van der Waals surface area (Å²) in [5, 5.41) is 12.8. The van der Waals surface area contributed by atoms with Crippen molar-refractivity contribution in [3.05, 3.63) is 52.5 Å². The number of nitriles is 1. The number of amides is 1. The molecular formula is C22H22ClN3O4S. The lowest BCUT2D eigenvalue weighted by atomic mass is 9.73. The van der Waals surface area contributed by atoms with Crippen molar-refractivity contribution in [3.8, 4) is 11.8 Å². The topological polar surface area (TPSA) is 99.5 Å². The van der Waals surface area contributed by atoms with E-state index in [2.05, 4.69) is 10.2 Å². The highest BCUT2D eigenvalue weighted by atomic mass is 35.5. The maximum atomic E-state index is 12.7. The Labute approximate surface area is 186 Å². The highest BCUT2D eigenvalue weighted by Gasteiger charge is 2.48. The van der Waals surface area contributed by atoms with Crippen molar-refractivity contribution < 1.29 is 17.9 Å². The van der Waals surface area contributed by atoms with Crippen LogP contribution in [0.5, 0.6) is 5.75 Å². The summed E-state index contributed by atoms with van der Waals surface area (Å²) in [6.45, 7) is 2.55. The molecule has 2 aliphatic rings. The van der Waals surface area contributed by atoms with Gasteiger partial charge in [-0.15, -0.1) is 0 Å². The lowest BCUT2D eigenvalue weighted by molar-refractivity contribution is -0.122. The van der Waals surface area contributed by atoms with Gasteiger partial charge >= 0.3 is 0 Å². The average Bonchev–Trinajstić information content (AvgIpc) is 2.99. The van der Waals surface area contributed by atoms with Gasteiger partial charge in [0.1, 0.15) is 18.4 Å². The fourth-order valence-electron chi connectivity index (χ4n) is 4.34. The zero-order chi connectivity index (χ0) is 22.2. The normalized spacial score (nSPS) is 17.8. The Bertz CT molecular complexity index is 1180. The summed E-state index contributed by atoms with van der Waals surface area (Å²) in [6, 6.07) is 11.8. The van der Waals surface area contributed by atoms with Crippen LogP contribution in [-0.4, -0.2) is 51.7 Å². The molecule has 1 saturated heterocycles. The van der Waals surface area contributed by atoms with Gasteiger partial charge < -0.3 is 10.1 Å². The molecule has 2 heterocycles. The Balaban J connectivity index is 1.36. The van der Waals surface area contributed by atoms with E-state index in [9.17, 15) is 18.5 Å². The van der Waals surface area contributed by atoms with E-state index in [4.69, 9.17) is 16.3 Å². The molecule has 1 N–H and O–H groups in total. The standard InChI is InChI=1S/C22H22ClN3O4S/c1-31(28,29)20-5-3-17(12-15(20)14-24)30-11-10-26-8-6-22(7-9-26)18-13-16(23)2-4-19(18)25-21(22)27/h2-5,12-13H,6-11H2,1H3,(H,25,27). The number of benzene rings is 2. The van der Waals surface area contributed by atoms with Crippen LogP contribution in [0.4, 0.5) is 5.69 Å². The van der Waals surface area contributed by atoms with Crippen molar-refractivity contribution in [2.24, 2.45) is 0 Å². The molecule has 0 atom stereocenters. The number of hydrogen-bond donors (Lipinski definition) is 1. The number of carbonyl (C=O) groups is 1. The Kier molecular flexibility index (Phi) is 5.69. The number of hydrogen-bond acceptors (Lipinski definition) is 6. The molecule has 1 spiro atoms. The van der Waals surface area contributed by atoms with Crippen LogP contribution in [0.1, 0.15) is 24.0 Å². The predicted molar refractivity (Wildman–Crippen MR) is 117 cm³/mol.